The Labute approximate surface area is 138 Å². The van der Waals surface area contributed by atoms with E-state index in [4.69, 9.17) is 9.47 Å². The fraction of sp³-hybridized carbons (Fsp3) is 0.118. The Morgan fingerprint density at radius 1 is 0.958 bits per heavy atom. The topological polar surface area (TPSA) is 81.2 Å². The number of nitrogens with zero attached hydrogens (tertiary/aromatic N) is 3. The van der Waals surface area contributed by atoms with E-state index >= 15 is 0 Å². The van der Waals surface area contributed by atoms with Gasteiger partial charge >= 0.3 is 0 Å². The minimum atomic E-state index is 0.243. The molecule has 7 heteroatoms. The number of hydrogen-bond donors (Lipinski definition) is 2. The number of rotatable bonds is 4. The lowest BCUT2D eigenvalue weighted by Gasteiger charge is -2.08. The summed E-state index contributed by atoms with van der Waals surface area (Å²) in [6.45, 7) is 2.28. The molecule has 7 nitrogen and oxygen atoms in total. The molecular formula is C17H15N5O2. The molecule has 0 saturated heterocycles. The molecule has 4 rings (SSSR count). The summed E-state index contributed by atoms with van der Waals surface area (Å²) >= 11 is 0. The van der Waals surface area contributed by atoms with Gasteiger partial charge in [0.15, 0.2) is 17.3 Å². The Kier molecular flexibility index (Phi) is 3.59. The molecule has 2 aromatic carbocycles. The minimum absolute atomic E-state index is 0.243. The number of benzene rings is 2. The second-order valence-electron chi connectivity index (χ2n) is 5.35. The van der Waals surface area contributed by atoms with Crippen molar-refractivity contribution in [2.24, 2.45) is 0 Å². The van der Waals surface area contributed by atoms with Gasteiger partial charge in [0.1, 0.15) is 0 Å². The maximum atomic E-state index is 5.36. The minimum Gasteiger partial charge on any atom is -0.454 e. The fourth-order valence-corrected chi connectivity index (χ4v) is 2.39. The van der Waals surface area contributed by atoms with Crippen molar-refractivity contribution in [3.8, 4) is 11.5 Å². The standard InChI is InChI=1S/C17H15N5O2/c1-11-3-2-4-12(7-11)19-16-9-18-22-17(21-16)20-13-5-6-14-15(8-13)24-10-23-14/h2-9H,10H2,1H3,(H2,19,20,21,22). The number of nitrogens with one attached hydrogen (secondary N) is 2. The Balaban J connectivity index is 1.52. The van der Waals surface area contributed by atoms with Crippen LogP contribution in [0.25, 0.3) is 0 Å². The highest BCUT2D eigenvalue weighted by Gasteiger charge is 2.13. The normalized spacial score (nSPS) is 12.0. The average molecular weight is 321 g/mol. The maximum absolute atomic E-state index is 5.36. The van der Waals surface area contributed by atoms with E-state index in [9.17, 15) is 0 Å². The number of hydrogen-bond acceptors (Lipinski definition) is 7. The molecule has 1 aromatic heterocycles. The first kappa shape index (κ1) is 14.3. The number of anilines is 4. The van der Waals surface area contributed by atoms with E-state index in [0.717, 1.165) is 17.1 Å². The first-order valence-electron chi connectivity index (χ1n) is 7.46. The van der Waals surface area contributed by atoms with Crippen LogP contribution in [0.15, 0.2) is 48.7 Å². The zero-order chi connectivity index (χ0) is 16.4. The molecule has 120 valence electrons. The quantitative estimate of drug-likeness (QED) is 0.762. The van der Waals surface area contributed by atoms with Crippen LogP contribution in [0.4, 0.5) is 23.1 Å². The summed E-state index contributed by atoms with van der Waals surface area (Å²) < 4.78 is 10.7. The lowest BCUT2D eigenvalue weighted by molar-refractivity contribution is 0.174. The summed E-state index contributed by atoms with van der Waals surface area (Å²) in [5, 5.41) is 14.3. The summed E-state index contributed by atoms with van der Waals surface area (Å²) in [6.07, 6.45) is 1.58. The Morgan fingerprint density at radius 2 is 1.83 bits per heavy atom. The molecule has 1 aliphatic heterocycles. The van der Waals surface area contributed by atoms with Crippen LogP contribution in [0.5, 0.6) is 11.5 Å². The SMILES string of the molecule is Cc1cccc(Nc2cnnc(Nc3ccc4c(c3)OCO4)n2)c1. The molecule has 0 fully saturated rings. The molecule has 0 atom stereocenters. The van der Waals surface area contributed by atoms with Crippen molar-refractivity contribution in [2.75, 3.05) is 17.4 Å². The molecule has 1 aliphatic rings. The smallest absolute Gasteiger partial charge is 0.249 e. The van der Waals surface area contributed by atoms with Gasteiger partial charge in [0.05, 0.1) is 6.20 Å². The molecule has 24 heavy (non-hydrogen) atoms. The van der Waals surface area contributed by atoms with Crippen molar-refractivity contribution in [3.05, 3.63) is 54.2 Å². The summed E-state index contributed by atoms with van der Waals surface area (Å²) in [7, 11) is 0. The molecule has 0 spiro atoms. The van der Waals surface area contributed by atoms with E-state index in [0.29, 0.717) is 17.5 Å². The van der Waals surface area contributed by atoms with Crippen molar-refractivity contribution >= 4 is 23.1 Å². The third kappa shape index (κ3) is 3.05. The van der Waals surface area contributed by atoms with Crippen LogP contribution in [-0.4, -0.2) is 22.0 Å². The number of aromatic nitrogens is 3. The third-order valence-corrected chi connectivity index (χ3v) is 3.48. The molecule has 2 heterocycles. The van der Waals surface area contributed by atoms with Gasteiger partial charge in [-0.3, -0.25) is 0 Å². The van der Waals surface area contributed by atoms with Crippen LogP contribution in [0.1, 0.15) is 5.56 Å². The predicted octanol–water partition coefficient (Wildman–Crippen LogP) is 3.40. The average Bonchev–Trinajstić information content (AvgIpc) is 3.03. The van der Waals surface area contributed by atoms with Crippen molar-refractivity contribution in [1.29, 1.82) is 0 Å². The fourth-order valence-electron chi connectivity index (χ4n) is 2.39. The zero-order valence-corrected chi connectivity index (χ0v) is 13.0. The van der Waals surface area contributed by atoms with Crippen LogP contribution in [0, 0.1) is 6.92 Å². The molecule has 0 bridgehead atoms. The van der Waals surface area contributed by atoms with Crippen molar-refractivity contribution in [1.82, 2.24) is 15.2 Å². The Hall–Kier alpha value is -3.35. The molecule has 0 saturated carbocycles. The molecule has 0 radical (unpaired) electrons. The van der Waals surface area contributed by atoms with Gasteiger partial charge in [-0.25, -0.2) is 0 Å². The highest BCUT2D eigenvalue weighted by Crippen LogP contribution is 2.34. The van der Waals surface area contributed by atoms with Gasteiger partial charge in [-0.1, -0.05) is 12.1 Å². The van der Waals surface area contributed by atoms with E-state index in [-0.39, 0.29) is 6.79 Å². The van der Waals surface area contributed by atoms with Crippen LogP contribution >= 0.6 is 0 Å². The van der Waals surface area contributed by atoms with Gasteiger partial charge in [0, 0.05) is 17.4 Å². The van der Waals surface area contributed by atoms with Crippen molar-refractivity contribution in [2.45, 2.75) is 6.92 Å². The van der Waals surface area contributed by atoms with Gasteiger partial charge in [-0.2, -0.15) is 10.1 Å². The molecular weight excluding hydrogens is 306 g/mol. The molecule has 2 N–H and O–H groups in total. The second kappa shape index (κ2) is 6.04. The zero-order valence-electron chi connectivity index (χ0n) is 13.0. The molecule has 0 unspecified atom stereocenters. The molecule has 3 aromatic rings. The lowest BCUT2D eigenvalue weighted by atomic mass is 10.2. The van der Waals surface area contributed by atoms with Crippen LogP contribution in [0.2, 0.25) is 0 Å². The van der Waals surface area contributed by atoms with E-state index in [1.165, 1.54) is 5.56 Å². The van der Waals surface area contributed by atoms with Gasteiger partial charge in [-0.05, 0) is 36.8 Å². The summed E-state index contributed by atoms with van der Waals surface area (Å²) in [5.41, 5.74) is 2.92. The van der Waals surface area contributed by atoms with E-state index < -0.39 is 0 Å². The number of aryl methyl sites for hydroxylation is 1. The monoisotopic (exact) mass is 321 g/mol. The van der Waals surface area contributed by atoms with Gasteiger partial charge < -0.3 is 20.1 Å². The van der Waals surface area contributed by atoms with Gasteiger partial charge in [0.2, 0.25) is 12.7 Å². The van der Waals surface area contributed by atoms with Crippen LogP contribution in [-0.2, 0) is 0 Å². The summed E-state index contributed by atoms with van der Waals surface area (Å²) in [5.74, 6) is 2.43. The van der Waals surface area contributed by atoms with Crippen LogP contribution < -0.4 is 20.1 Å². The third-order valence-electron chi connectivity index (χ3n) is 3.48. The van der Waals surface area contributed by atoms with Gasteiger partial charge in [0.25, 0.3) is 0 Å². The molecule has 0 aliphatic carbocycles. The second-order valence-corrected chi connectivity index (χ2v) is 5.35. The number of fused-ring (bicyclic) bond motifs is 1. The van der Waals surface area contributed by atoms with Crippen molar-refractivity contribution < 1.29 is 9.47 Å². The largest absolute Gasteiger partial charge is 0.454 e. The van der Waals surface area contributed by atoms with E-state index in [2.05, 4.69) is 25.8 Å². The number of ether oxygens (including phenoxy) is 2. The van der Waals surface area contributed by atoms with E-state index in [1.807, 2.05) is 49.4 Å². The van der Waals surface area contributed by atoms with E-state index in [1.54, 1.807) is 6.20 Å². The van der Waals surface area contributed by atoms with Crippen molar-refractivity contribution in [3.63, 3.8) is 0 Å². The first-order valence-corrected chi connectivity index (χ1v) is 7.46. The maximum Gasteiger partial charge on any atom is 0.249 e. The highest BCUT2D eigenvalue weighted by atomic mass is 16.7. The lowest BCUT2D eigenvalue weighted by Crippen LogP contribution is -2.02. The van der Waals surface area contributed by atoms with Crippen LogP contribution in [0.3, 0.4) is 0 Å². The summed E-state index contributed by atoms with van der Waals surface area (Å²) in [4.78, 5) is 4.42. The summed E-state index contributed by atoms with van der Waals surface area (Å²) in [6, 6.07) is 13.6. The first-order chi connectivity index (χ1) is 11.8. The van der Waals surface area contributed by atoms with Gasteiger partial charge in [-0.15, -0.1) is 5.10 Å². The Morgan fingerprint density at radius 3 is 2.75 bits per heavy atom. The highest BCUT2D eigenvalue weighted by molar-refractivity contribution is 5.62. The molecule has 0 amide bonds. The Bertz CT molecular complexity index is 884. The predicted molar refractivity (Wildman–Crippen MR) is 90.1 cm³/mol.